The lowest BCUT2D eigenvalue weighted by molar-refractivity contribution is 0.339. The number of nitrogens with two attached hydrogens (primary N) is 1. The van der Waals surface area contributed by atoms with Crippen LogP contribution in [0.5, 0.6) is 5.75 Å². The van der Waals surface area contributed by atoms with E-state index in [1.54, 1.807) is 0 Å². The highest BCUT2D eigenvalue weighted by Crippen LogP contribution is 2.30. The van der Waals surface area contributed by atoms with E-state index in [2.05, 4.69) is 0 Å². The van der Waals surface area contributed by atoms with Crippen LogP contribution >= 0.6 is 0 Å². The summed E-state index contributed by atoms with van der Waals surface area (Å²) in [6, 6.07) is 6.96. The Morgan fingerprint density at radius 1 is 1.42 bits per heavy atom. The molecule has 19 heavy (non-hydrogen) atoms. The second-order valence-electron chi connectivity index (χ2n) is 4.93. The van der Waals surface area contributed by atoms with Crippen molar-refractivity contribution in [2.24, 2.45) is 5.73 Å². The summed E-state index contributed by atoms with van der Waals surface area (Å²) in [5, 5.41) is -0.460. The predicted molar refractivity (Wildman–Crippen MR) is 76.0 cm³/mol. The minimum atomic E-state index is -3.06. The molecule has 2 N–H and O–H groups in total. The molecule has 4 nitrogen and oxygen atoms in total. The Bertz CT molecular complexity index is 527. The average Bonchev–Trinajstić information content (AvgIpc) is 2.38. The second-order valence-corrected chi connectivity index (χ2v) is 7.27. The minimum absolute atomic E-state index is 0.260. The van der Waals surface area contributed by atoms with E-state index in [0.717, 1.165) is 24.2 Å². The summed E-state index contributed by atoms with van der Waals surface area (Å²) < 4.78 is 29.6. The van der Waals surface area contributed by atoms with Crippen LogP contribution in [0, 0.1) is 0 Å². The summed E-state index contributed by atoms with van der Waals surface area (Å²) in [5.74, 6) is 1.000. The van der Waals surface area contributed by atoms with Crippen LogP contribution in [0.4, 0.5) is 0 Å². The average molecular weight is 283 g/mol. The molecule has 1 saturated heterocycles. The Morgan fingerprint density at radius 2 is 2.21 bits per heavy atom. The quantitative estimate of drug-likeness (QED) is 0.918. The molecule has 0 spiro atoms. The van der Waals surface area contributed by atoms with Gasteiger partial charge in [-0.1, -0.05) is 18.6 Å². The summed E-state index contributed by atoms with van der Waals surface area (Å²) in [5.41, 5.74) is 7.01. The van der Waals surface area contributed by atoms with E-state index in [-0.39, 0.29) is 5.75 Å². The number of rotatable bonds is 4. The van der Waals surface area contributed by atoms with Crippen molar-refractivity contribution >= 4 is 9.84 Å². The van der Waals surface area contributed by atoms with Crippen LogP contribution in [0.25, 0.3) is 0 Å². The van der Waals surface area contributed by atoms with E-state index < -0.39 is 21.1 Å². The van der Waals surface area contributed by atoms with Gasteiger partial charge in [-0.25, -0.2) is 8.42 Å². The highest BCUT2D eigenvalue weighted by atomic mass is 32.2. The van der Waals surface area contributed by atoms with Gasteiger partial charge in [0.15, 0.2) is 9.84 Å². The smallest absolute Gasteiger partial charge is 0.155 e. The van der Waals surface area contributed by atoms with Crippen molar-refractivity contribution in [3.05, 3.63) is 29.8 Å². The first-order valence-corrected chi connectivity index (χ1v) is 8.46. The fourth-order valence-corrected chi connectivity index (χ4v) is 4.61. The normalized spacial score (nSPS) is 23.8. The number of ether oxygens (including phenoxy) is 1. The van der Waals surface area contributed by atoms with Gasteiger partial charge in [0.05, 0.1) is 17.6 Å². The largest absolute Gasteiger partial charge is 0.494 e. The molecule has 5 heteroatoms. The van der Waals surface area contributed by atoms with E-state index in [1.165, 1.54) is 0 Å². The van der Waals surface area contributed by atoms with Crippen LogP contribution in [-0.4, -0.2) is 26.0 Å². The summed E-state index contributed by atoms with van der Waals surface area (Å²) in [6.45, 7) is 2.50. The molecule has 0 bridgehead atoms. The van der Waals surface area contributed by atoms with Gasteiger partial charge >= 0.3 is 0 Å². The monoisotopic (exact) mass is 283 g/mol. The van der Waals surface area contributed by atoms with Gasteiger partial charge in [0.2, 0.25) is 0 Å². The van der Waals surface area contributed by atoms with Crippen molar-refractivity contribution < 1.29 is 13.2 Å². The molecule has 2 rings (SSSR count). The Kier molecular flexibility index (Phi) is 4.47. The molecule has 0 radical (unpaired) electrons. The molecule has 1 aliphatic rings. The van der Waals surface area contributed by atoms with E-state index in [9.17, 15) is 8.42 Å². The molecular formula is C14H21NO3S. The van der Waals surface area contributed by atoms with Crippen molar-refractivity contribution in [3.63, 3.8) is 0 Å². The maximum absolute atomic E-state index is 12.1. The Balaban J connectivity index is 2.23. The fourth-order valence-electron chi connectivity index (χ4n) is 2.58. The van der Waals surface area contributed by atoms with Crippen LogP contribution < -0.4 is 10.5 Å². The number of sulfone groups is 1. The van der Waals surface area contributed by atoms with Gasteiger partial charge in [-0.15, -0.1) is 0 Å². The third kappa shape index (κ3) is 3.28. The number of hydrogen-bond donors (Lipinski definition) is 1. The van der Waals surface area contributed by atoms with Crippen LogP contribution in [-0.2, 0) is 9.84 Å². The second kappa shape index (κ2) is 5.92. The predicted octanol–water partition coefficient (Wildman–Crippen LogP) is 2.05. The molecule has 1 fully saturated rings. The Hall–Kier alpha value is -1.07. The molecule has 0 amide bonds. The summed E-state index contributed by atoms with van der Waals surface area (Å²) in [4.78, 5) is 0. The van der Waals surface area contributed by atoms with Gasteiger partial charge in [0, 0.05) is 6.04 Å². The zero-order valence-electron chi connectivity index (χ0n) is 11.2. The fraction of sp³-hybridized carbons (Fsp3) is 0.571. The molecule has 0 aliphatic carbocycles. The van der Waals surface area contributed by atoms with Gasteiger partial charge in [-0.2, -0.15) is 0 Å². The Labute approximate surface area is 114 Å². The first-order chi connectivity index (χ1) is 9.04. The van der Waals surface area contributed by atoms with Crippen molar-refractivity contribution in [3.8, 4) is 5.75 Å². The topological polar surface area (TPSA) is 69.4 Å². The van der Waals surface area contributed by atoms with Crippen molar-refractivity contribution in [2.75, 3.05) is 12.4 Å². The highest BCUT2D eigenvalue weighted by molar-refractivity contribution is 7.92. The third-order valence-electron chi connectivity index (χ3n) is 3.58. The molecule has 0 aromatic heterocycles. The standard InChI is InChI=1S/C14H21NO3S/c1-2-18-12-7-5-6-11(10-12)14(15)13-8-3-4-9-19(13,16)17/h5-7,10,13-14H,2-4,8-9,15H2,1H3. The van der Waals surface area contributed by atoms with Crippen molar-refractivity contribution in [1.29, 1.82) is 0 Å². The molecule has 2 unspecified atom stereocenters. The molecule has 1 aromatic rings. The summed E-state index contributed by atoms with van der Waals surface area (Å²) >= 11 is 0. The van der Waals surface area contributed by atoms with Crippen LogP contribution in [0.1, 0.15) is 37.8 Å². The molecule has 1 aliphatic heterocycles. The minimum Gasteiger partial charge on any atom is -0.494 e. The zero-order valence-corrected chi connectivity index (χ0v) is 12.0. The molecular weight excluding hydrogens is 262 g/mol. The Morgan fingerprint density at radius 3 is 2.89 bits per heavy atom. The van der Waals surface area contributed by atoms with Crippen LogP contribution in [0.15, 0.2) is 24.3 Å². The van der Waals surface area contributed by atoms with Gasteiger partial charge in [0.25, 0.3) is 0 Å². The maximum atomic E-state index is 12.1. The maximum Gasteiger partial charge on any atom is 0.155 e. The van der Waals surface area contributed by atoms with E-state index >= 15 is 0 Å². The molecule has 106 valence electrons. The molecule has 1 heterocycles. The lowest BCUT2D eigenvalue weighted by Crippen LogP contribution is -2.37. The SMILES string of the molecule is CCOc1cccc(C(N)C2CCCCS2(=O)=O)c1. The van der Waals surface area contributed by atoms with Gasteiger partial charge < -0.3 is 10.5 Å². The first kappa shape index (κ1) is 14.3. The van der Waals surface area contributed by atoms with Gasteiger partial charge in [-0.3, -0.25) is 0 Å². The lowest BCUT2D eigenvalue weighted by atomic mass is 10.00. The molecule has 2 atom stereocenters. The third-order valence-corrected chi connectivity index (χ3v) is 5.89. The van der Waals surface area contributed by atoms with Crippen molar-refractivity contribution in [2.45, 2.75) is 37.5 Å². The lowest BCUT2D eigenvalue weighted by Gasteiger charge is -2.28. The van der Waals surface area contributed by atoms with E-state index in [0.29, 0.717) is 13.0 Å². The highest BCUT2D eigenvalue weighted by Gasteiger charge is 2.34. The summed E-state index contributed by atoms with van der Waals surface area (Å²) in [7, 11) is -3.06. The zero-order chi connectivity index (χ0) is 13.9. The van der Waals surface area contributed by atoms with Gasteiger partial charge in [0.1, 0.15) is 5.75 Å². The molecule has 0 saturated carbocycles. The van der Waals surface area contributed by atoms with E-state index in [4.69, 9.17) is 10.5 Å². The number of benzene rings is 1. The summed E-state index contributed by atoms with van der Waals surface area (Å²) in [6.07, 6.45) is 2.34. The molecule has 1 aromatic carbocycles. The van der Waals surface area contributed by atoms with Crippen molar-refractivity contribution in [1.82, 2.24) is 0 Å². The first-order valence-electron chi connectivity index (χ1n) is 6.74. The van der Waals surface area contributed by atoms with E-state index in [1.807, 2.05) is 31.2 Å². The number of hydrogen-bond acceptors (Lipinski definition) is 4. The van der Waals surface area contributed by atoms with Crippen LogP contribution in [0.3, 0.4) is 0 Å². The van der Waals surface area contributed by atoms with Crippen LogP contribution in [0.2, 0.25) is 0 Å². The van der Waals surface area contributed by atoms with Gasteiger partial charge in [-0.05, 0) is 37.5 Å².